The van der Waals surface area contributed by atoms with E-state index in [1.165, 1.54) is 6.07 Å². The minimum Gasteiger partial charge on any atom is -0.451 e. The fourth-order valence-electron chi connectivity index (χ4n) is 4.12. The molecule has 3 heterocycles. The van der Waals surface area contributed by atoms with E-state index in [9.17, 15) is 14.7 Å². The van der Waals surface area contributed by atoms with Gasteiger partial charge < -0.3 is 19.7 Å². The van der Waals surface area contributed by atoms with E-state index < -0.39 is 6.10 Å². The lowest BCUT2D eigenvalue weighted by molar-refractivity contribution is -0.0438. The van der Waals surface area contributed by atoms with Crippen LogP contribution in [0.3, 0.4) is 0 Å². The van der Waals surface area contributed by atoms with Crippen LogP contribution < -0.4 is 10.7 Å². The predicted molar refractivity (Wildman–Crippen MR) is 101 cm³/mol. The summed E-state index contributed by atoms with van der Waals surface area (Å²) in [5, 5.41) is 14.3. The Morgan fingerprint density at radius 2 is 2.15 bits per heavy atom. The van der Waals surface area contributed by atoms with Crippen molar-refractivity contribution >= 4 is 29.3 Å². The maximum absolute atomic E-state index is 12.9. The van der Waals surface area contributed by atoms with Crippen LogP contribution in [0.25, 0.3) is 11.0 Å². The van der Waals surface area contributed by atoms with Crippen molar-refractivity contribution < 1.29 is 14.3 Å². The second kappa shape index (κ2) is 7.39. The van der Waals surface area contributed by atoms with E-state index >= 15 is 0 Å². The Kier molecular flexibility index (Phi) is 5.37. The molecule has 2 N–H and O–H groups in total. The van der Waals surface area contributed by atoms with Crippen molar-refractivity contribution in [2.75, 3.05) is 26.2 Å². The Bertz CT molecular complexity index is 864. The van der Waals surface area contributed by atoms with Crippen LogP contribution in [0, 0.1) is 5.41 Å². The van der Waals surface area contributed by atoms with Crippen LogP contribution in [0.2, 0.25) is 0 Å². The first-order valence-corrected chi connectivity index (χ1v) is 8.80. The Labute approximate surface area is 157 Å². The van der Waals surface area contributed by atoms with Crippen molar-refractivity contribution in [1.82, 2.24) is 10.2 Å². The van der Waals surface area contributed by atoms with Gasteiger partial charge in [0.1, 0.15) is 5.58 Å². The van der Waals surface area contributed by atoms with E-state index in [2.05, 4.69) is 5.32 Å². The Balaban J connectivity index is 0.00000196. The first-order valence-electron chi connectivity index (χ1n) is 8.80. The monoisotopic (exact) mass is 378 g/mol. The maximum Gasteiger partial charge on any atom is 0.289 e. The summed E-state index contributed by atoms with van der Waals surface area (Å²) in [4.78, 5) is 26.9. The molecule has 26 heavy (non-hydrogen) atoms. The number of halogens is 1. The fourth-order valence-corrected chi connectivity index (χ4v) is 4.12. The lowest BCUT2D eigenvalue weighted by atomic mass is 9.72. The quantitative estimate of drug-likeness (QED) is 0.790. The number of hydrogen-bond acceptors (Lipinski definition) is 5. The highest BCUT2D eigenvalue weighted by atomic mass is 35.5. The van der Waals surface area contributed by atoms with Gasteiger partial charge in [-0.2, -0.15) is 0 Å². The molecule has 0 aliphatic carbocycles. The van der Waals surface area contributed by atoms with Crippen LogP contribution in [-0.2, 0) is 0 Å². The number of amides is 1. The molecule has 7 heteroatoms. The second-order valence-electron chi connectivity index (χ2n) is 7.14. The average molecular weight is 379 g/mol. The highest BCUT2D eigenvalue weighted by Crippen LogP contribution is 2.36. The van der Waals surface area contributed by atoms with Crippen LogP contribution in [0.15, 0.2) is 39.5 Å². The molecule has 0 bridgehead atoms. The number of para-hydroxylation sites is 1. The SMILES string of the molecule is Cl.O=C(c1cc(=O)c2ccccc2o1)N1CCC[C@]2(CNCC[C@@H]2O)C1. The molecule has 1 amide bonds. The van der Waals surface area contributed by atoms with Gasteiger partial charge >= 0.3 is 0 Å². The molecule has 6 nitrogen and oxygen atoms in total. The van der Waals surface area contributed by atoms with Gasteiger partial charge in [0.25, 0.3) is 5.91 Å². The van der Waals surface area contributed by atoms with Crippen molar-refractivity contribution in [3.63, 3.8) is 0 Å². The van der Waals surface area contributed by atoms with Gasteiger partial charge in [-0.1, -0.05) is 12.1 Å². The first-order chi connectivity index (χ1) is 12.1. The third kappa shape index (κ3) is 3.24. The minimum atomic E-state index is -0.409. The lowest BCUT2D eigenvalue weighted by Gasteiger charge is -2.48. The van der Waals surface area contributed by atoms with E-state index in [0.29, 0.717) is 37.0 Å². The number of nitrogens with zero attached hydrogens (tertiary/aromatic N) is 1. The van der Waals surface area contributed by atoms with Gasteiger partial charge in [-0.15, -0.1) is 12.4 Å². The fraction of sp³-hybridized carbons (Fsp3) is 0.474. The molecule has 140 valence electrons. The summed E-state index contributed by atoms with van der Waals surface area (Å²) in [6.07, 6.45) is 2.02. The number of rotatable bonds is 1. The number of benzene rings is 1. The Hall–Kier alpha value is -1.89. The van der Waals surface area contributed by atoms with Crippen LogP contribution in [0.5, 0.6) is 0 Å². The largest absolute Gasteiger partial charge is 0.451 e. The number of nitrogens with one attached hydrogen (secondary N) is 1. The summed E-state index contributed by atoms with van der Waals surface area (Å²) in [7, 11) is 0. The summed E-state index contributed by atoms with van der Waals surface area (Å²) in [5.41, 5.74) is -0.0933. The second-order valence-corrected chi connectivity index (χ2v) is 7.14. The molecular formula is C19H23ClN2O4. The average Bonchev–Trinajstić information content (AvgIpc) is 2.64. The third-order valence-corrected chi connectivity index (χ3v) is 5.52. The van der Waals surface area contributed by atoms with E-state index in [1.807, 2.05) is 0 Å². The molecule has 0 radical (unpaired) electrons. The summed E-state index contributed by atoms with van der Waals surface area (Å²) >= 11 is 0. The molecule has 4 rings (SSSR count). The maximum atomic E-state index is 12.9. The van der Waals surface area contributed by atoms with E-state index in [-0.39, 0.29) is 34.9 Å². The Morgan fingerprint density at radius 1 is 1.35 bits per heavy atom. The summed E-state index contributed by atoms with van der Waals surface area (Å²) in [6.45, 7) is 2.61. The zero-order chi connectivity index (χ0) is 17.4. The normalized spacial score (nSPS) is 25.9. The van der Waals surface area contributed by atoms with E-state index in [1.54, 1.807) is 29.2 Å². The smallest absolute Gasteiger partial charge is 0.289 e. The standard InChI is InChI=1S/C19H22N2O4.ClH/c22-14-10-16(25-15-5-2-1-4-13(14)15)18(24)21-9-3-7-19(12-21)11-20-8-6-17(19)23;/h1-2,4-5,10,17,20,23H,3,6-9,11-12H2;1H/t17-,19-;/m0./s1. The van der Waals surface area contributed by atoms with Crippen LogP contribution >= 0.6 is 12.4 Å². The highest BCUT2D eigenvalue weighted by Gasteiger charge is 2.44. The van der Waals surface area contributed by atoms with Crippen LogP contribution in [0.1, 0.15) is 29.8 Å². The molecule has 1 aromatic heterocycles. The summed E-state index contributed by atoms with van der Waals surface area (Å²) in [5.74, 6) is -0.210. The molecule has 2 saturated heterocycles. The topological polar surface area (TPSA) is 82.8 Å². The lowest BCUT2D eigenvalue weighted by Crippen LogP contribution is -2.58. The number of carbonyl (C=O) groups excluding carboxylic acids is 1. The first kappa shape index (κ1) is 18.9. The molecule has 1 aromatic carbocycles. The van der Waals surface area contributed by atoms with Gasteiger partial charge in [0.15, 0.2) is 11.2 Å². The van der Waals surface area contributed by atoms with Crippen LogP contribution in [-0.4, -0.2) is 48.2 Å². The number of carbonyl (C=O) groups is 1. The van der Waals surface area contributed by atoms with Crippen molar-refractivity contribution in [3.05, 3.63) is 46.3 Å². The molecule has 2 aliphatic heterocycles. The predicted octanol–water partition coefficient (Wildman–Crippen LogP) is 1.79. The van der Waals surface area contributed by atoms with Crippen LogP contribution in [0.4, 0.5) is 0 Å². The number of fused-ring (bicyclic) bond motifs is 1. The Morgan fingerprint density at radius 3 is 2.96 bits per heavy atom. The van der Waals surface area contributed by atoms with Gasteiger partial charge in [-0.05, 0) is 37.9 Å². The number of aliphatic hydroxyl groups is 1. The van der Waals surface area contributed by atoms with Crippen molar-refractivity contribution in [2.24, 2.45) is 5.41 Å². The molecular weight excluding hydrogens is 356 g/mol. The van der Waals surface area contributed by atoms with Crippen molar-refractivity contribution in [2.45, 2.75) is 25.4 Å². The molecule has 2 aliphatic rings. The van der Waals surface area contributed by atoms with Gasteiger partial charge in [0.05, 0.1) is 11.5 Å². The van der Waals surface area contributed by atoms with Gasteiger partial charge in [0.2, 0.25) is 0 Å². The minimum absolute atomic E-state index is 0. The molecule has 2 atom stereocenters. The molecule has 1 spiro atoms. The summed E-state index contributed by atoms with van der Waals surface area (Å²) in [6, 6.07) is 8.21. The molecule has 0 unspecified atom stereocenters. The van der Waals surface area contributed by atoms with Gasteiger partial charge in [-0.3, -0.25) is 9.59 Å². The highest BCUT2D eigenvalue weighted by molar-refractivity contribution is 5.93. The van der Waals surface area contributed by atoms with E-state index in [0.717, 1.165) is 19.4 Å². The zero-order valence-electron chi connectivity index (χ0n) is 14.4. The van der Waals surface area contributed by atoms with Gasteiger partial charge in [-0.25, -0.2) is 0 Å². The van der Waals surface area contributed by atoms with Crippen molar-refractivity contribution in [3.8, 4) is 0 Å². The molecule has 2 aromatic rings. The number of piperidine rings is 2. The molecule has 2 fully saturated rings. The number of likely N-dealkylation sites (tertiary alicyclic amines) is 1. The molecule has 0 saturated carbocycles. The van der Waals surface area contributed by atoms with Crippen molar-refractivity contribution in [1.29, 1.82) is 0 Å². The van der Waals surface area contributed by atoms with Gasteiger partial charge in [0, 0.05) is 31.1 Å². The third-order valence-electron chi connectivity index (χ3n) is 5.52. The summed E-state index contributed by atoms with van der Waals surface area (Å²) < 4.78 is 5.69. The van der Waals surface area contributed by atoms with E-state index in [4.69, 9.17) is 4.42 Å². The zero-order valence-corrected chi connectivity index (χ0v) is 15.3. The number of aliphatic hydroxyl groups excluding tert-OH is 1. The number of hydrogen-bond donors (Lipinski definition) is 2.